The molecule has 0 radical (unpaired) electrons. The number of amides is 3. The van der Waals surface area contributed by atoms with Crippen molar-refractivity contribution in [2.45, 2.75) is 13.0 Å². The summed E-state index contributed by atoms with van der Waals surface area (Å²) < 4.78 is 20.3. The molecular formula is C18H18FN4O5+. The number of benzene rings is 1. The van der Waals surface area contributed by atoms with Gasteiger partial charge in [-0.2, -0.15) is 0 Å². The van der Waals surface area contributed by atoms with Crippen LogP contribution >= 0.6 is 0 Å². The molecule has 2 heterocycles. The largest absolute Gasteiger partial charge is 0.442 e. The van der Waals surface area contributed by atoms with Crippen LogP contribution in [0.1, 0.15) is 17.3 Å². The molecule has 9 nitrogen and oxygen atoms in total. The summed E-state index contributed by atoms with van der Waals surface area (Å²) in [6.45, 7) is 1.65. The van der Waals surface area contributed by atoms with E-state index >= 15 is 0 Å². The molecule has 3 N–H and O–H groups in total. The Labute approximate surface area is 159 Å². The molecule has 0 unspecified atom stereocenters. The molecule has 1 aromatic heterocycles. The van der Waals surface area contributed by atoms with Crippen LogP contribution in [0.15, 0.2) is 42.7 Å². The van der Waals surface area contributed by atoms with Gasteiger partial charge in [0.15, 0.2) is 0 Å². The molecule has 1 saturated heterocycles. The third kappa shape index (κ3) is 4.34. The lowest BCUT2D eigenvalue weighted by atomic mass is 10.1. The van der Waals surface area contributed by atoms with Gasteiger partial charge in [-0.3, -0.25) is 19.7 Å². The molecule has 28 heavy (non-hydrogen) atoms. The number of cyclic esters (lactones) is 1. The van der Waals surface area contributed by atoms with Gasteiger partial charge in [0, 0.05) is 17.7 Å². The van der Waals surface area contributed by atoms with Crippen LogP contribution in [0.3, 0.4) is 0 Å². The lowest BCUT2D eigenvalue weighted by Crippen LogP contribution is -2.33. The third-order valence-corrected chi connectivity index (χ3v) is 4.01. The van der Waals surface area contributed by atoms with E-state index in [0.29, 0.717) is 0 Å². The summed E-state index contributed by atoms with van der Waals surface area (Å²) in [6.07, 6.45) is 1.40. The molecule has 1 aromatic carbocycles. The van der Waals surface area contributed by atoms with Gasteiger partial charge in [0.05, 0.1) is 24.3 Å². The molecule has 1 fully saturated rings. The van der Waals surface area contributed by atoms with Crippen molar-refractivity contribution in [2.75, 3.05) is 23.3 Å². The Morgan fingerprint density at radius 2 is 2.18 bits per heavy atom. The van der Waals surface area contributed by atoms with E-state index in [1.165, 1.54) is 48.5 Å². The Morgan fingerprint density at radius 1 is 1.39 bits per heavy atom. The van der Waals surface area contributed by atoms with Crippen LogP contribution in [0.5, 0.6) is 0 Å². The number of halogens is 1. The molecule has 2 aromatic rings. The highest BCUT2D eigenvalue weighted by atomic mass is 19.1. The fourth-order valence-electron chi connectivity index (χ4n) is 2.69. The second-order valence-corrected chi connectivity index (χ2v) is 6.14. The molecule has 1 atom stereocenters. The number of hydrogen-bond acceptors (Lipinski definition) is 5. The summed E-state index contributed by atoms with van der Waals surface area (Å²) in [6, 6.07) is 6.79. The topological polar surface area (TPSA) is 112 Å². The van der Waals surface area contributed by atoms with Gasteiger partial charge in [0.1, 0.15) is 17.6 Å². The van der Waals surface area contributed by atoms with Gasteiger partial charge in [-0.1, -0.05) is 0 Å². The average molecular weight is 389 g/mol. The van der Waals surface area contributed by atoms with E-state index in [9.17, 15) is 24.0 Å². The smallest absolute Gasteiger partial charge is 0.414 e. The van der Waals surface area contributed by atoms with Crippen LogP contribution in [-0.2, 0) is 9.53 Å². The normalized spacial score (nSPS) is 15.9. The Bertz CT molecular complexity index is 936. The Hall–Kier alpha value is -3.69. The molecule has 1 aliphatic heterocycles. The fraction of sp³-hybridized carbons (Fsp3) is 0.222. The number of rotatable bonds is 5. The Balaban J connectivity index is 1.71. The van der Waals surface area contributed by atoms with Gasteiger partial charge in [0.2, 0.25) is 18.3 Å². The van der Waals surface area contributed by atoms with Gasteiger partial charge in [-0.25, -0.2) is 9.18 Å². The number of carbonyl (C=O) groups is 3. The first-order valence-electron chi connectivity index (χ1n) is 8.37. The molecule has 10 heteroatoms. The van der Waals surface area contributed by atoms with Gasteiger partial charge in [0.25, 0.3) is 5.91 Å². The summed E-state index contributed by atoms with van der Waals surface area (Å²) in [5.41, 5.74) is 0.291. The minimum atomic E-state index is -0.819. The molecule has 0 bridgehead atoms. The number of ether oxygens (including phenoxy) is 1. The van der Waals surface area contributed by atoms with Crippen molar-refractivity contribution in [3.8, 4) is 0 Å². The number of carbonyl (C=O) groups excluding carboxylic acids is 3. The van der Waals surface area contributed by atoms with Crippen molar-refractivity contribution in [2.24, 2.45) is 0 Å². The summed E-state index contributed by atoms with van der Waals surface area (Å²) in [4.78, 5) is 36.4. The quantitative estimate of drug-likeness (QED) is 0.523. The Kier molecular flexibility index (Phi) is 5.39. The minimum absolute atomic E-state index is 0.143. The van der Waals surface area contributed by atoms with Crippen LogP contribution in [0.2, 0.25) is 0 Å². The maximum Gasteiger partial charge on any atom is 0.414 e. The van der Waals surface area contributed by atoms with E-state index < -0.39 is 23.9 Å². The van der Waals surface area contributed by atoms with Gasteiger partial charge < -0.3 is 15.4 Å². The van der Waals surface area contributed by atoms with Crippen molar-refractivity contribution < 1.29 is 33.4 Å². The molecule has 0 aliphatic carbocycles. The number of hydrogen-bond donors (Lipinski definition) is 3. The second-order valence-electron chi connectivity index (χ2n) is 6.14. The number of pyridine rings is 1. The van der Waals surface area contributed by atoms with E-state index in [-0.39, 0.29) is 35.9 Å². The second kappa shape index (κ2) is 7.91. The zero-order valence-electron chi connectivity index (χ0n) is 14.9. The highest BCUT2D eigenvalue weighted by molar-refractivity contribution is 6.04. The van der Waals surface area contributed by atoms with Gasteiger partial charge in [-0.15, -0.1) is 0 Å². The standard InChI is InChI=1S/C18H17FN4O5/c1-11(24)20-8-14-10-23(18(26)28-14)13-4-5-15(16(19)7-13)17(25)21-12-3-2-6-22(27)9-12/h2-7,9,14H,8,10H2,1H3,(H2-,20,21,24,25,27)/p+1/t14-/m0/s1. The summed E-state index contributed by atoms with van der Waals surface area (Å²) >= 11 is 0. The van der Waals surface area contributed by atoms with Crippen LogP contribution in [0.4, 0.5) is 20.6 Å². The molecule has 3 amide bonds. The number of anilines is 2. The van der Waals surface area contributed by atoms with Crippen LogP contribution in [0, 0.1) is 5.82 Å². The Morgan fingerprint density at radius 3 is 2.86 bits per heavy atom. The summed E-state index contributed by atoms with van der Waals surface area (Å²) in [5.74, 6) is -1.77. The van der Waals surface area contributed by atoms with Gasteiger partial charge >= 0.3 is 6.09 Å². The first kappa shape index (κ1) is 19.1. The minimum Gasteiger partial charge on any atom is -0.442 e. The van der Waals surface area contributed by atoms with Crippen molar-refractivity contribution >= 4 is 29.3 Å². The SMILES string of the molecule is CC(=O)NC[C@H]1CN(c2ccc(C(=O)Nc3ccc[n+](O)c3)c(F)c2)C(=O)O1. The van der Waals surface area contributed by atoms with Crippen LogP contribution in [0.25, 0.3) is 0 Å². The maximum atomic E-state index is 14.5. The fourth-order valence-corrected chi connectivity index (χ4v) is 2.69. The highest BCUT2D eigenvalue weighted by Crippen LogP contribution is 2.24. The predicted molar refractivity (Wildman–Crippen MR) is 94.5 cm³/mol. The van der Waals surface area contributed by atoms with E-state index in [2.05, 4.69) is 10.6 Å². The van der Waals surface area contributed by atoms with Crippen molar-refractivity contribution in [1.29, 1.82) is 0 Å². The molecule has 1 aliphatic rings. The summed E-state index contributed by atoms with van der Waals surface area (Å²) in [5, 5.41) is 14.4. The third-order valence-electron chi connectivity index (χ3n) is 4.01. The van der Waals surface area contributed by atoms with Crippen molar-refractivity contribution in [3.63, 3.8) is 0 Å². The lowest BCUT2D eigenvalue weighted by molar-refractivity contribution is -0.904. The van der Waals surface area contributed by atoms with E-state index in [4.69, 9.17) is 4.74 Å². The molecule has 146 valence electrons. The van der Waals surface area contributed by atoms with E-state index in [1.807, 2.05) is 0 Å². The number of nitrogens with zero attached hydrogens (tertiary/aromatic N) is 2. The average Bonchev–Trinajstić information content (AvgIpc) is 3.00. The molecular weight excluding hydrogens is 371 g/mol. The van der Waals surface area contributed by atoms with E-state index in [0.717, 1.165) is 10.8 Å². The first-order chi connectivity index (χ1) is 13.3. The zero-order valence-corrected chi connectivity index (χ0v) is 14.9. The molecule has 0 saturated carbocycles. The summed E-state index contributed by atoms with van der Waals surface area (Å²) in [7, 11) is 0. The number of nitrogens with one attached hydrogen (secondary N) is 2. The van der Waals surface area contributed by atoms with Crippen LogP contribution in [-0.4, -0.2) is 42.3 Å². The van der Waals surface area contributed by atoms with Gasteiger partial charge in [-0.05, 0) is 24.3 Å². The monoisotopic (exact) mass is 389 g/mol. The highest BCUT2D eigenvalue weighted by Gasteiger charge is 2.33. The first-order valence-corrected chi connectivity index (χ1v) is 8.37. The maximum absolute atomic E-state index is 14.5. The van der Waals surface area contributed by atoms with Crippen molar-refractivity contribution in [1.82, 2.24) is 5.32 Å². The van der Waals surface area contributed by atoms with Crippen LogP contribution < -0.4 is 20.3 Å². The lowest BCUT2D eigenvalue weighted by Gasteiger charge is -2.14. The zero-order chi connectivity index (χ0) is 20.3. The number of aromatic nitrogens is 1. The predicted octanol–water partition coefficient (Wildman–Crippen LogP) is 1.06. The molecule has 3 rings (SSSR count). The van der Waals surface area contributed by atoms with E-state index in [1.54, 1.807) is 0 Å². The van der Waals surface area contributed by atoms with Crippen molar-refractivity contribution in [3.05, 3.63) is 54.1 Å². The molecule has 0 spiro atoms.